The molecule has 0 saturated carbocycles. The Hall–Kier alpha value is -1.34. The molecule has 0 heterocycles. The van der Waals surface area contributed by atoms with Gasteiger partial charge < -0.3 is 0 Å². The molecular weight excluding hydrogens is 616 g/mol. The summed E-state index contributed by atoms with van der Waals surface area (Å²) in [6, 6.07) is 0. The van der Waals surface area contributed by atoms with Crippen LogP contribution in [-0.2, 0) is 17.7 Å². The van der Waals surface area contributed by atoms with Gasteiger partial charge in [-0.25, -0.2) is 0 Å². The second kappa shape index (κ2) is 10.7. The average molecular weight is 624 g/mol. The van der Waals surface area contributed by atoms with E-state index in [0.29, 0.717) is 0 Å². The Morgan fingerprint density at radius 3 is 0.541 bits per heavy atom. The smallest absolute Gasteiger partial charge is 0.290 e. The first kappa shape index (κ1) is 35.7. The Bertz CT molecular complexity index is 612. The molecule has 0 aromatic heterocycles. The number of rotatable bonds is 12. The maximum Gasteiger partial charge on any atom is 0.697 e. The third-order valence-corrected chi connectivity index (χ3v) is 4.92. The van der Waals surface area contributed by atoms with Gasteiger partial charge in [0.05, 0.1) is 0 Å². The molecular formula is C12H8F20O4Si. The van der Waals surface area contributed by atoms with E-state index in [1.54, 1.807) is 0 Å². The van der Waals surface area contributed by atoms with Gasteiger partial charge in [-0.3, -0.25) is 17.7 Å². The molecule has 224 valence electrons. The number of hydrogen-bond donors (Lipinski definition) is 0. The molecule has 0 unspecified atom stereocenters. The van der Waals surface area contributed by atoms with Gasteiger partial charge in [0.1, 0.15) is 25.7 Å². The van der Waals surface area contributed by atoms with Gasteiger partial charge in [-0.1, -0.05) is 0 Å². The maximum absolute atomic E-state index is 13.6. The van der Waals surface area contributed by atoms with Crippen LogP contribution in [0.25, 0.3) is 0 Å². The molecule has 0 aromatic rings. The van der Waals surface area contributed by atoms with Gasteiger partial charge in [-0.05, 0) is 0 Å². The normalized spacial score (nSPS) is 15.9. The highest BCUT2D eigenvalue weighted by molar-refractivity contribution is 6.54. The van der Waals surface area contributed by atoms with Gasteiger partial charge in [0.25, 0.3) is 0 Å². The van der Waals surface area contributed by atoms with E-state index >= 15 is 0 Å². The highest BCUT2D eigenvalue weighted by atomic mass is 28.4. The van der Waals surface area contributed by atoms with Crippen molar-refractivity contribution in [3.63, 3.8) is 0 Å². The lowest BCUT2D eigenvalue weighted by atomic mass is 10.4. The Labute approximate surface area is 190 Å². The van der Waals surface area contributed by atoms with Crippen LogP contribution in [0.5, 0.6) is 0 Å². The lowest BCUT2D eigenvalue weighted by Gasteiger charge is -2.37. The zero-order chi connectivity index (χ0) is 30.2. The minimum atomic E-state index is -8.74. The summed E-state index contributed by atoms with van der Waals surface area (Å²) in [5, 5.41) is 0. The van der Waals surface area contributed by atoms with Gasteiger partial charge in [0, 0.05) is 0 Å². The SMILES string of the molecule is FC(F)(F)CC(F)(F)O[Si](OC(F)(F)CC(F)(F)F)(OC(F)(F)CC(F)(F)F)OC(F)(F)CC(F)(F)F. The Balaban J connectivity index is 6.96. The molecule has 0 spiro atoms. The van der Waals surface area contributed by atoms with Crippen LogP contribution in [0, 0.1) is 0 Å². The zero-order valence-electron chi connectivity index (χ0n) is 16.5. The molecule has 0 amide bonds. The number of alkyl halides is 20. The molecule has 0 radical (unpaired) electrons. The molecule has 0 atom stereocenters. The molecule has 25 heteroatoms. The fourth-order valence-corrected chi connectivity index (χ4v) is 3.94. The lowest BCUT2D eigenvalue weighted by Crippen LogP contribution is -2.63. The molecule has 0 N–H and O–H groups in total. The summed E-state index contributed by atoms with van der Waals surface area (Å²) in [6.45, 7) is 0. The van der Waals surface area contributed by atoms with Crippen molar-refractivity contribution in [3.05, 3.63) is 0 Å². The largest absolute Gasteiger partial charge is 0.697 e. The lowest BCUT2D eigenvalue weighted by molar-refractivity contribution is -0.367. The Kier molecular flexibility index (Phi) is 10.3. The predicted octanol–water partition coefficient (Wildman–Crippen LogP) is 7.67. The van der Waals surface area contributed by atoms with Crippen LogP contribution < -0.4 is 0 Å². The van der Waals surface area contributed by atoms with E-state index in [2.05, 4.69) is 17.7 Å². The molecule has 37 heavy (non-hydrogen) atoms. The summed E-state index contributed by atoms with van der Waals surface area (Å²) >= 11 is 0. The minimum absolute atomic E-state index is 2.53. The van der Waals surface area contributed by atoms with Crippen LogP contribution in [-0.4, -0.2) is 58.2 Å². The molecule has 0 bridgehead atoms. The highest BCUT2D eigenvalue weighted by Gasteiger charge is 2.70. The van der Waals surface area contributed by atoms with Crippen molar-refractivity contribution in [1.29, 1.82) is 0 Å². The summed E-state index contributed by atoms with van der Waals surface area (Å²) in [5.74, 6) is 0. The van der Waals surface area contributed by atoms with Crippen molar-refractivity contribution in [3.8, 4) is 0 Å². The van der Waals surface area contributed by atoms with Gasteiger partial charge in [0.2, 0.25) is 0 Å². The van der Waals surface area contributed by atoms with Crippen LogP contribution in [0.15, 0.2) is 0 Å². The second-order valence-electron chi connectivity index (χ2n) is 6.63. The summed E-state index contributed by atoms with van der Waals surface area (Å²) in [6.07, 6.45) is -66.5. The molecule has 0 aromatic carbocycles. The quantitative estimate of drug-likeness (QED) is 0.165. The van der Waals surface area contributed by atoms with Crippen molar-refractivity contribution < 1.29 is 106 Å². The van der Waals surface area contributed by atoms with Crippen LogP contribution in [0.3, 0.4) is 0 Å². The van der Waals surface area contributed by atoms with Crippen LogP contribution in [0.4, 0.5) is 87.8 Å². The number of hydrogen-bond acceptors (Lipinski definition) is 4. The summed E-state index contributed by atoms with van der Waals surface area (Å²) in [5.41, 5.74) is 0. The summed E-state index contributed by atoms with van der Waals surface area (Å²) in [7, 11) is -8.74. The van der Waals surface area contributed by atoms with E-state index in [1.807, 2.05) is 0 Å². The maximum atomic E-state index is 13.6. The molecule has 0 fully saturated rings. The van der Waals surface area contributed by atoms with E-state index in [9.17, 15) is 87.8 Å². The van der Waals surface area contributed by atoms with Crippen molar-refractivity contribution in [2.24, 2.45) is 0 Å². The van der Waals surface area contributed by atoms with E-state index in [4.69, 9.17) is 0 Å². The van der Waals surface area contributed by atoms with Gasteiger partial charge in [-0.15, -0.1) is 0 Å². The topological polar surface area (TPSA) is 36.9 Å². The third-order valence-electron chi connectivity index (χ3n) is 2.72. The predicted molar refractivity (Wildman–Crippen MR) is 72.6 cm³/mol. The fraction of sp³-hybridized carbons (Fsp3) is 1.00. The third kappa shape index (κ3) is 17.0. The molecule has 0 saturated heterocycles. The summed E-state index contributed by atoms with van der Waals surface area (Å²) < 4.78 is 266. The minimum Gasteiger partial charge on any atom is -0.290 e. The van der Waals surface area contributed by atoms with Crippen LogP contribution in [0.2, 0.25) is 0 Å². The summed E-state index contributed by atoms with van der Waals surface area (Å²) in [4.78, 5) is 0. The molecule has 4 nitrogen and oxygen atoms in total. The number of halogens is 20. The van der Waals surface area contributed by atoms with Crippen molar-refractivity contribution >= 4 is 9.05 Å². The fourth-order valence-electron chi connectivity index (χ4n) is 1.93. The van der Waals surface area contributed by atoms with Gasteiger partial charge >= 0.3 is 58.2 Å². The highest BCUT2D eigenvalue weighted by Crippen LogP contribution is 2.46. The van der Waals surface area contributed by atoms with E-state index in [-0.39, 0.29) is 0 Å². The van der Waals surface area contributed by atoms with Crippen molar-refractivity contribution in [2.75, 3.05) is 0 Å². The second-order valence-corrected chi connectivity index (χ2v) is 8.44. The van der Waals surface area contributed by atoms with Crippen molar-refractivity contribution in [2.45, 2.75) is 74.8 Å². The van der Waals surface area contributed by atoms with E-state index < -0.39 is 83.9 Å². The molecule has 0 aliphatic heterocycles. The van der Waals surface area contributed by atoms with E-state index in [1.165, 1.54) is 0 Å². The molecule has 0 aliphatic carbocycles. The first-order chi connectivity index (χ1) is 15.7. The molecule has 0 rings (SSSR count). The van der Waals surface area contributed by atoms with Gasteiger partial charge in [-0.2, -0.15) is 87.8 Å². The standard InChI is InChI=1S/C12H8F20O4Si/c13-5(14,15)1-9(25,26)33-37(34-10(27,28)2-6(16,17)18,35-11(29,30)3-7(19,20)21)36-12(31,32)4-8(22,23)24/h1-4H2. The Morgan fingerprint density at radius 2 is 0.432 bits per heavy atom. The average Bonchev–Trinajstić information content (AvgIpc) is 2.29. The first-order valence-corrected chi connectivity index (χ1v) is 9.87. The van der Waals surface area contributed by atoms with Gasteiger partial charge in [0.15, 0.2) is 0 Å². The van der Waals surface area contributed by atoms with Crippen LogP contribution in [0.1, 0.15) is 25.7 Å². The molecule has 0 aliphatic rings. The Morgan fingerprint density at radius 1 is 0.297 bits per heavy atom. The first-order valence-electron chi connectivity index (χ1n) is 8.24. The zero-order valence-corrected chi connectivity index (χ0v) is 17.5. The monoisotopic (exact) mass is 624 g/mol. The van der Waals surface area contributed by atoms with Crippen LogP contribution >= 0.6 is 0 Å². The van der Waals surface area contributed by atoms with Crippen molar-refractivity contribution in [1.82, 2.24) is 0 Å². The van der Waals surface area contributed by atoms with E-state index in [0.717, 1.165) is 0 Å².